The zero-order valence-corrected chi connectivity index (χ0v) is 14.3. The molecule has 2 aromatic heterocycles. The zero-order chi connectivity index (χ0) is 15.8. The van der Waals surface area contributed by atoms with Gasteiger partial charge < -0.3 is 9.55 Å². The van der Waals surface area contributed by atoms with Gasteiger partial charge in [-0.05, 0) is 36.8 Å². The molecule has 0 aliphatic heterocycles. The van der Waals surface area contributed by atoms with E-state index in [1.165, 1.54) is 16.5 Å². The second kappa shape index (κ2) is 5.70. The first-order valence-electron chi connectivity index (χ1n) is 7.53. The van der Waals surface area contributed by atoms with Gasteiger partial charge in [0.25, 0.3) is 0 Å². The van der Waals surface area contributed by atoms with Gasteiger partial charge in [-0.25, -0.2) is 4.98 Å². The lowest BCUT2D eigenvalue weighted by Gasteiger charge is -2.07. The van der Waals surface area contributed by atoms with Crippen LogP contribution in [0.25, 0.3) is 22.3 Å². The number of rotatable bonds is 3. The first kappa shape index (κ1) is 14.3. The predicted octanol–water partition coefficient (Wildman–Crippen LogP) is 5.15. The molecule has 4 heteroatoms. The Hall–Kier alpha value is -2.33. The minimum absolute atomic E-state index is 0.814. The normalized spacial score (nSPS) is 11.2. The first-order valence-corrected chi connectivity index (χ1v) is 8.33. The van der Waals surface area contributed by atoms with E-state index < -0.39 is 0 Å². The van der Waals surface area contributed by atoms with Gasteiger partial charge >= 0.3 is 0 Å². The van der Waals surface area contributed by atoms with Gasteiger partial charge in [-0.15, -0.1) is 0 Å². The molecule has 0 spiro atoms. The van der Waals surface area contributed by atoms with Crippen molar-refractivity contribution in [3.05, 3.63) is 76.7 Å². The maximum Gasteiger partial charge on any atom is 0.0954 e. The Labute approximate surface area is 143 Å². The maximum absolute atomic E-state index is 4.33. The van der Waals surface area contributed by atoms with Crippen molar-refractivity contribution < 1.29 is 0 Å². The van der Waals surface area contributed by atoms with Gasteiger partial charge in [-0.3, -0.25) is 0 Å². The van der Waals surface area contributed by atoms with Crippen LogP contribution in [0, 0.1) is 6.92 Å². The third-order valence-corrected chi connectivity index (χ3v) is 4.54. The first-order chi connectivity index (χ1) is 11.2. The van der Waals surface area contributed by atoms with Crippen molar-refractivity contribution in [1.82, 2.24) is 14.5 Å². The number of aromatic nitrogens is 3. The topological polar surface area (TPSA) is 33.6 Å². The van der Waals surface area contributed by atoms with Crippen LogP contribution < -0.4 is 0 Å². The molecule has 0 radical (unpaired) electrons. The Morgan fingerprint density at radius 2 is 1.91 bits per heavy atom. The lowest BCUT2D eigenvalue weighted by Crippen LogP contribution is -2.00. The second-order valence-electron chi connectivity index (χ2n) is 5.81. The van der Waals surface area contributed by atoms with Gasteiger partial charge in [-0.2, -0.15) is 0 Å². The summed E-state index contributed by atoms with van der Waals surface area (Å²) in [5, 5.41) is 1.19. The molecule has 4 aromatic rings. The fourth-order valence-electron chi connectivity index (χ4n) is 2.80. The molecule has 0 atom stereocenters. The summed E-state index contributed by atoms with van der Waals surface area (Å²) in [5.74, 6) is 0. The molecule has 4 rings (SSSR count). The molecule has 2 heterocycles. The lowest BCUT2D eigenvalue weighted by atomic mass is 10.1. The number of aromatic amines is 1. The van der Waals surface area contributed by atoms with Gasteiger partial charge in [0.15, 0.2) is 0 Å². The molecule has 23 heavy (non-hydrogen) atoms. The predicted molar refractivity (Wildman–Crippen MR) is 97.5 cm³/mol. The zero-order valence-electron chi connectivity index (χ0n) is 12.8. The molecule has 0 saturated heterocycles. The summed E-state index contributed by atoms with van der Waals surface area (Å²) >= 11 is 3.52. The summed E-state index contributed by atoms with van der Waals surface area (Å²) < 4.78 is 3.26. The van der Waals surface area contributed by atoms with E-state index in [0.29, 0.717) is 0 Å². The number of fused-ring (bicyclic) bond motifs is 1. The SMILES string of the molecule is Cc1ccc(Cn2cncc2-c2cc3cc(Br)ccc3[nH]2)cc1. The molecule has 0 saturated carbocycles. The van der Waals surface area contributed by atoms with Crippen LogP contribution in [0.5, 0.6) is 0 Å². The van der Waals surface area contributed by atoms with Crippen LogP contribution in [0.2, 0.25) is 0 Å². The van der Waals surface area contributed by atoms with Gasteiger partial charge in [0.1, 0.15) is 0 Å². The molecule has 0 amide bonds. The van der Waals surface area contributed by atoms with Crippen molar-refractivity contribution in [3.63, 3.8) is 0 Å². The summed E-state index contributed by atoms with van der Waals surface area (Å²) in [4.78, 5) is 7.81. The van der Waals surface area contributed by atoms with Crippen LogP contribution in [0.4, 0.5) is 0 Å². The maximum atomic E-state index is 4.33. The van der Waals surface area contributed by atoms with E-state index in [1.54, 1.807) is 0 Å². The number of nitrogens with zero attached hydrogens (tertiary/aromatic N) is 2. The second-order valence-corrected chi connectivity index (χ2v) is 6.72. The highest BCUT2D eigenvalue weighted by Crippen LogP contribution is 2.26. The number of benzene rings is 2. The van der Waals surface area contributed by atoms with Crippen molar-refractivity contribution in [1.29, 1.82) is 0 Å². The third-order valence-electron chi connectivity index (χ3n) is 4.04. The fraction of sp³-hybridized carbons (Fsp3) is 0.105. The van der Waals surface area contributed by atoms with E-state index in [2.05, 4.69) is 79.9 Å². The third kappa shape index (κ3) is 2.82. The summed E-state index contributed by atoms with van der Waals surface area (Å²) in [6.45, 7) is 2.92. The summed E-state index contributed by atoms with van der Waals surface area (Å²) in [6.07, 6.45) is 3.80. The molecule has 0 unspecified atom stereocenters. The minimum atomic E-state index is 0.814. The largest absolute Gasteiger partial charge is 0.353 e. The van der Waals surface area contributed by atoms with Crippen LogP contribution >= 0.6 is 15.9 Å². The van der Waals surface area contributed by atoms with E-state index in [-0.39, 0.29) is 0 Å². The molecule has 0 fully saturated rings. The van der Waals surface area contributed by atoms with E-state index >= 15 is 0 Å². The fourth-order valence-corrected chi connectivity index (χ4v) is 3.18. The standard InChI is InChI=1S/C19H16BrN3/c1-13-2-4-14(5-3-13)11-23-12-21-10-19(23)18-9-15-8-16(20)6-7-17(15)22-18/h2-10,12,22H,11H2,1H3. The van der Waals surface area contributed by atoms with Crippen molar-refractivity contribution in [2.75, 3.05) is 0 Å². The molecule has 1 N–H and O–H groups in total. The molecular weight excluding hydrogens is 350 g/mol. The average Bonchev–Trinajstić information content (AvgIpc) is 3.15. The van der Waals surface area contributed by atoms with Crippen molar-refractivity contribution in [2.45, 2.75) is 13.5 Å². The van der Waals surface area contributed by atoms with E-state index in [1.807, 2.05) is 18.6 Å². The molecule has 3 nitrogen and oxygen atoms in total. The van der Waals surface area contributed by atoms with Crippen molar-refractivity contribution in [2.24, 2.45) is 0 Å². The highest BCUT2D eigenvalue weighted by molar-refractivity contribution is 9.10. The molecule has 0 aliphatic carbocycles. The van der Waals surface area contributed by atoms with Crippen molar-refractivity contribution >= 4 is 26.8 Å². The number of H-pyrrole nitrogens is 1. The Kier molecular flexibility index (Phi) is 3.54. The lowest BCUT2D eigenvalue weighted by molar-refractivity contribution is 0.803. The van der Waals surface area contributed by atoms with Gasteiger partial charge in [0.05, 0.1) is 23.9 Å². The van der Waals surface area contributed by atoms with E-state index in [4.69, 9.17) is 0 Å². The Bertz CT molecular complexity index is 964. The minimum Gasteiger partial charge on any atom is -0.353 e. The molecule has 2 aromatic carbocycles. The summed E-state index contributed by atoms with van der Waals surface area (Å²) in [6, 6.07) is 17.1. The van der Waals surface area contributed by atoms with Crippen LogP contribution in [0.3, 0.4) is 0 Å². The number of nitrogens with one attached hydrogen (secondary N) is 1. The average molecular weight is 366 g/mol. The van der Waals surface area contributed by atoms with Gasteiger partial charge in [-0.1, -0.05) is 45.8 Å². The summed E-state index contributed by atoms with van der Waals surface area (Å²) in [7, 11) is 0. The van der Waals surface area contributed by atoms with E-state index in [0.717, 1.165) is 27.9 Å². The number of halogens is 1. The van der Waals surface area contributed by atoms with Crippen LogP contribution in [-0.4, -0.2) is 14.5 Å². The molecular formula is C19H16BrN3. The quantitative estimate of drug-likeness (QED) is 0.535. The number of imidazole rings is 1. The molecule has 0 aliphatic rings. The Morgan fingerprint density at radius 3 is 2.74 bits per heavy atom. The summed E-state index contributed by atoms with van der Waals surface area (Å²) in [5.41, 5.74) is 5.86. The van der Waals surface area contributed by atoms with Crippen LogP contribution in [-0.2, 0) is 6.54 Å². The van der Waals surface area contributed by atoms with Crippen molar-refractivity contribution in [3.8, 4) is 11.4 Å². The molecule has 0 bridgehead atoms. The number of hydrogen-bond donors (Lipinski definition) is 1. The number of aryl methyl sites for hydroxylation is 1. The van der Waals surface area contributed by atoms with Crippen LogP contribution in [0.15, 0.2) is 65.5 Å². The Balaban J connectivity index is 1.71. The smallest absolute Gasteiger partial charge is 0.0954 e. The molecule has 114 valence electrons. The van der Waals surface area contributed by atoms with Gasteiger partial charge in [0, 0.05) is 21.9 Å². The van der Waals surface area contributed by atoms with Gasteiger partial charge in [0.2, 0.25) is 0 Å². The van der Waals surface area contributed by atoms with Crippen LogP contribution in [0.1, 0.15) is 11.1 Å². The highest BCUT2D eigenvalue weighted by Gasteiger charge is 2.09. The highest BCUT2D eigenvalue weighted by atomic mass is 79.9. The monoisotopic (exact) mass is 365 g/mol. The Morgan fingerprint density at radius 1 is 1.09 bits per heavy atom. The number of hydrogen-bond acceptors (Lipinski definition) is 1. The van der Waals surface area contributed by atoms with E-state index in [9.17, 15) is 0 Å².